The van der Waals surface area contributed by atoms with Crippen molar-refractivity contribution in [1.29, 1.82) is 0 Å². The summed E-state index contributed by atoms with van der Waals surface area (Å²) in [5.74, 6) is 0. The van der Waals surface area contributed by atoms with Gasteiger partial charge in [-0.15, -0.1) is 0 Å². The summed E-state index contributed by atoms with van der Waals surface area (Å²) in [7, 11) is 0. The van der Waals surface area contributed by atoms with E-state index in [1.165, 1.54) is 5.56 Å². The van der Waals surface area contributed by atoms with Crippen LogP contribution in [0.5, 0.6) is 0 Å². The maximum Gasteiger partial charge on any atom is 0.372 e. The van der Waals surface area contributed by atoms with Gasteiger partial charge >= 0.3 is 5.30 Å². The summed E-state index contributed by atoms with van der Waals surface area (Å²) in [6.45, 7) is 4.24. The van der Waals surface area contributed by atoms with E-state index in [4.69, 9.17) is 4.74 Å². The number of thioether (sulfide) groups is 1. The van der Waals surface area contributed by atoms with Crippen LogP contribution in [-0.4, -0.2) is 11.9 Å². The molecule has 3 heteroatoms. The number of ether oxygens (including phenoxy) is 1. The van der Waals surface area contributed by atoms with Crippen molar-refractivity contribution in [1.82, 2.24) is 0 Å². The highest BCUT2D eigenvalue weighted by Crippen LogP contribution is 2.20. The van der Waals surface area contributed by atoms with Crippen LogP contribution in [-0.2, 0) is 4.74 Å². The van der Waals surface area contributed by atoms with Crippen molar-refractivity contribution in [3.63, 3.8) is 0 Å². The third-order valence-electron chi connectivity index (χ3n) is 1.48. The van der Waals surface area contributed by atoms with Crippen molar-refractivity contribution in [2.45, 2.75) is 18.7 Å². The summed E-state index contributed by atoms with van der Waals surface area (Å²) in [5.41, 5.74) is 1.19. The molecule has 0 aliphatic rings. The van der Waals surface area contributed by atoms with Gasteiger partial charge < -0.3 is 4.74 Å². The Hall–Kier alpha value is -0.960. The third-order valence-corrected chi connectivity index (χ3v) is 2.28. The number of aryl methyl sites for hydroxylation is 1. The van der Waals surface area contributed by atoms with Gasteiger partial charge in [-0.25, -0.2) is 4.79 Å². The molecular formula is C10H12O2S. The van der Waals surface area contributed by atoms with Crippen molar-refractivity contribution in [3.8, 4) is 0 Å². The van der Waals surface area contributed by atoms with E-state index in [2.05, 4.69) is 0 Å². The maximum absolute atomic E-state index is 11.0. The number of carbonyl (C=O) groups is 1. The van der Waals surface area contributed by atoms with E-state index in [9.17, 15) is 4.79 Å². The molecule has 0 amide bonds. The third kappa shape index (κ3) is 3.51. The Morgan fingerprint density at radius 2 is 2.00 bits per heavy atom. The lowest BCUT2D eigenvalue weighted by molar-refractivity contribution is 0.181. The van der Waals surface area contributed by atoms with Gasteiger partial charge in [0.15, 0.2) is 0 Å². The summed E-state index contributed by atoms with van der Waals surface area (Å²) in [6, 6.07) is 7.77. The first-order valence-corrected chi connectivity index (χ1v) is 4.95. The molecule has 0 saturated carbocycles. The molecule has 0 radical (unpaired) electrons. The summed E-state index contributed by atoms with van der Waals surface area (Å²) in [5, 5.41) is -0.244. The Morgan fingerprint density at radius 1 is 1.38 bits per heavy atom. The standard InChI is InChI=1S/C10H12O2S/c1-3-12-10(11)13-9-6-4-8(2)5-7-9/h4-7H,3H2,1-2H3. The molecule has 0 atom stereocenters. The van der Waals surface area contributed by atoms with Gasteiger partial charge in [-0.2, -0.15) is 0 Å². The van der Waals surface area contributed by atoms with Crippen LogP contribution in [0.1, 0.15) is 12.5 Å². The Bertz CT molecular complexity index is 279. The van der Waals surface area contributed by atoms with E-state index in [0.717, 1.165) is 16.7 Å². The minimum Gasteiger partial charge on any atom is -0.458 e. The summed E-state index contributed by atoms with van der Waals surface area (Å²) < 4.78 is 4.80. The van der Waals surface area contributed by atoms with Gasteiger partial charge in [-0.3, -0.25) is 0 Å². The molecule has 0 heterocycles. The maximum atomic E-state index is 11.0. The van der Waals surface area contributed by atoms with Crippen LogP contribution in [0.25, 0.3) is 0 Å². The second kappa shape index (κ2) is 4.92. The Morgan fingerprint density at radius 3 is 2.54 bits per heavy atom. The lowest BCUT2D eigenvalue weighted by Crippen LogP contribution is -1.95. The van der Waals surface area contributed by atoms with E-state index in [1.807, 2.05) is 31.2 Å². The molecule has 1 aromatic carbocycles. The van der Waals surface area contributed by atoms with Crippen LogP contribution in [0, 0.1) is 6.92 Å². The van der Waals surface area contributed by atoms with Crippen LogP contribution in [0.2, 0.25) is 0 Å². The molecule has 1 aromatic rings. The number of hydrogen-bond donors (Lipinski definition) is 0. The van der Waals surface area contributed by atoms with E-state index >= 15 is 0 Å². The zero-order valence-electron chi connectivity index (χ0n) is 7.74. The fourth-order valence-corrected chi connectivity index (χ4v) is 1.49. The molecule has 0 N–H and O–H groups in total. The Labute approximate surface area is 82.3 Å². The Balaban J connectivity index is 2.54. The van der Waals surface area contributed by atoms with E-state index < -0.39 is 0 Å². The predicted molar refractivity (Wildman–Crippen MR) is 54.1 cm³/mol. The number of hydrogen-bond acceptors (Lipinski definition) is 3. The highest BCUT2D eigenvalue weighted by Gasteiger charge is 2.03. The molecule has 0 spiro atoms. The van der Waals surface area contributed by atoms with E-state index in [0.29, 0.717) is 6.61 Å². The second-order valence-electron chi connectivity index (χ2n) is 2.60. The topological polar surface area (TPSA) is 26.3 Å². The van der Waals surface area contributed by atoms with Crippen LogP contribution < -0.4 is 0 Å². The predicted octanol–water partition coefficient (Wildman–Crippen LogP) is 3.24. The summed E-state index contributed by atoms with van der Waals surface area (Å²) in [4.78, 5) is 12.0. The van der Waals surface area contributed by atoms with Gasteiger partial charge in [0.1, 0.15) is 0 Å². The zero-order chi connectivity index (χ0) is 9.68. The van der Waals surface area contributed by atoms with Crippen LogP contribution in [0.4, 0.5) is 4.79 Å². The van der Waals surface area contributed by atoms with Gasteiger partial charge in [0.25, 0.3) is 0 Å². The van der Waals surface area contributed by atoms with Gasteiger partial charge in [0, 0.05) is 4.90 Å². The highest BCUT2D eigenvalue weighted by molar-refractivity contribution is 8.13. The number of carbonyl (C=O) groups excluding carboxylic acids is 1. The molecule has 1 rings (SSSR count). The minimum atomic E-state index is -0.244. The van der Waals surface area contributed by atoms with Crippen molar-refractivity contribution < 1.29 is 9.53 Å². The average Bonchev–Trinajstić information content (AvgIpc) is 2.09. The number of benzene rings is 1. The normalized spacial score (nSPS) is 9.69. The van der Waals surface area contributed by atoms with Crippen LogP contribution in [0.3, 0.4) is 0 Å². The van der Waals surface area contributed by atoms with Crippen molar-refractivity contribution in [3.05, 3.63) is 29.8 Å². The second-order valence-corrected chi connectivity index (χ2v) is 3.61. The SMILES string of the molecule is CCOC(=O)Sc1ccc(C)cc1. The van der Waals surface area contributed by atoms with Gasteiger partial charge in [0.2, 0.25) is 0 Å². The molecule has 70 valence electrons. The monoisotopic (exact) mass is 196 g/mol. The quantitative estimate of drug-likeness (QED) is 0.536. The zero-order valence-corrected chi connectivity index (χ0v) is 8.56. The fraction of sp³-hybridized carbons (Fsp3) is 0.300. The Kier molecular flexibility index (Phi) is 3.83. The highest BCUT2D eigenvalue weighted by atomic mass is 32.2. The molecule has 0 unspecified atom stereocenters. The lowest BCUT2D eigenvalue weighted by Gasteiger charge is -2.00. The van der Waals surface area contributed by atoms with Gasteiger partial charge in [-0.1, -0.05) is 17.7 Å². The van der Waals surface area contributed by atoms with E-state index in [1.54, 1.807) is 6.92 Å². The fourth-order valence-electron chi connectivity index (χ4n) is 0.850. The lowest BCUT2D eigenvalue weighted by atomic mass is 10.2. The average molecular weight is 196 g/mol. The minimum absolute atomic E-state index is 0.244. The largest absolute Gasteiger partial charge is 0.458 e. The smallest absolute Gasteiger partial charge is 0.372 e. The van der Waals surface area contributed by atoms with Gasteiger partial charge in [0.05, 0.1) is 6.61 Å². The van der Waals surface area contributed by atoms with Crippen LogP contribution in [0.15, 0.2) is 29.2 Å². The molecule has 13 heavy (non-hydrogen) atoms. The molecule has 0 aromatic heterocycles. The van der Waals surface area contributed by atoms with Crippen molar-refractivity contribution in [2.75, 3.05) is 6.61 Å². The van der Waals surface area contributed by atoms with Crippen LogP contribution >= 0.6 is 11.8 Å². The summed E-state index contributed by atoms with van der Waals surface area (Å²) >= 11 is 1.12. The molecule has 0 aliphatic carbocycles. The first-order chi connectivity index (χ1) is 6.22. The first kappa shape index (κ1) is 10.1. The van der Waals surface area contributed by atoms with Crippen molar-refractivity contribution >= 4 is 17.1 Å². The molecule has 2 nitrogen and oxygen atoms in total. The summed E-state index contributed by atoms with van der Waals surface area (Å²) in [6.07, 6.45) is 0. The molecule has 0 bridgehead atoms. The first-order valence-electron chi connectivity index (χ1n) is 4.13. The number of rotatable bonds is 2. The van der Waals surface area contributed by atoms with Gasteiger partial charge in [-0.05, 0) is 37.7 Å². The molecule has 0 saturated heterocycles. The van der Waals surface area contributed by atoms with E-state index in [-0.39, 0.29) is 5.30 Å². The molecule has 0 fully saturated rings. The molecular weight excluding hydrogens is 184 g/mol. The van der Waals surface area contributed by atoms with Crippen molar-refractivity contribution in [2.24, 2.45) is 0 Å². The molecule has 0 aliphatic heterocycles.